The Morgan fingerprint density at radius 1 is 0.806 bits per heavy atom. The SMILES string of the molecule is O=C(C[P@](=O)(c1ccccc1)c1ccccc1OCc1ccccc1)N1CCCCC1. The number of piperidine rings is 1. The quantitative estimate of drug-likeness (QED) is 0.512. The second kappa shape index (κ2) is 9.98. The van der Waals surface area contributed by atoms with Crippen molar-refractivity contribution in [1.29, 1.82) is 0 Å². The van der Waals surface area contributed by atoms with Crippen molar-refractivity contribution in [3.63, 3.8) is 0 Å². The van der Waals surface area contributed by atoms with E-state index < -0.39 is 7.14 Å². The summed E-state index contributed by atoms with van der Waals surface area (Å²) >= 11 is 0. The highest BCUT2D eigenvalue weighted by Crippen LogP contribution is 2.46. The van der Waals surface area contributed by atoms with Gasteiger partial charge in [0.25, 0.3) is 0 Å². The molecule has 31 heavy (non-hydrogen) atoms. The third kappa shape index (κ3) is 5.08. The number of nitrogens with zero attached hydrogens (tertiary/aromatic N) is 1. The summed E-state index contributed by atoms with van der Waals surface area (Å²) in [6.45, 7) is 1.88. The van der Waals surface area contributed by atoms with Crippen LogP contribution in [0.25, 0.3) is 0 Å². The number of benzene rings is 3. The van der Waals surface area contributed by atoms with Gasteiger partial charge in [-0.15, -0.1) is 0 Å². The number of amides is 1. The van der Waals surface area contributed by atoms with Gasteiger partial charge in [-0.05, 0) is 37.0 Å². The number of likely N-dealkylation sites (tertiary alicyclic amines) is 1. The predicted molar refractivity (Wildman–Crippen MR) is 126 cm³/mol. The maximum Gasteiger partial charge on any atom is 0.230 e. The summed E-state index contributed by atoms with van der Waals surface area (Å²) in [5.74, 6) is 0.537. The van der Waals surface area contributed by atoms with Crippen LogP contribution in [-0.2, 0) is 16.0 Å². The average Bonchev–Trinajstić information content (AvgIpc) is 2.84. The first kappa shape index (κ1) is 21.4. The van der Waals surface area contributed by atoms with E-state index in [2.05, 4.69) is 0 Å². The van der Waals surface area contributed by atoms with Gasteiger partial charge in [0.15, 0.2) is 7.14 Å². The summed E-state index contributed by atoms with van der Waals surface area (Å²) in [5, 5.41) is 1.30. The largest absolute Gasteiger partial charge is 0.488 e. The zero-order chi connectivity index (χ0) is 21.5. The number of carbonyl (C=O) groups excluding carboxylic acids is 1. The highest BCUT2D eigenvalue weighted by Gasteiger charge is 2.35. The number of ether oxygens (including phenoxy) is 1. The summed E-state index contributed by atoms with van der Waals surface area (Å²) < 4.78 is 20.7. The number of hydrogen-bond acceptors (Lipinski definition) is 3. The van der Waals surface area contributed by atoms with Gasteiger partial charge in [-0.2, -0.15) is 0 Å². The van der Waals surface area contributed by atoms with Crippen LogP contribution in [0.2, 0.25) is 0 Å². The molecule has 0 radical (unpaired) electrons. The monoisotopic (exact) mass is 433 g/mol. The Kier molecular flexibility index (Phi) is 6.89. The molecule has 0 unspecified atom stereocenters. The molecule has 0 N–H and O–H groups in total. The van der Waals surface area contributed by atoms with Crippen molar-refractivity contribution in [3.8, 4) is 5.75 Å². The minimum atomic E-state index is -3.22. The first-order valence-corrected chi connectivity index (χ1v) is 12.7. The zero-order valence-corrected chi connectivity index (χ0v) is 18.5. The van der Waals surface area contributed by atoms with E-state index in [1.807, 2.05) is 89.8 Å². The molecule has 4 nitrogen and oxygen atoms in total. The molecule has 160 valence electrons. The van der Waals surface area contributed by atoms with Gasteiger partial charge in [-0.3, -0.25) is 4.79 Å². The lowest BCUT2D eigenvalue weighted by atomic mass is 10.1. The molecule has 4 rings (SSSR count). The Morgan fingerprint density at radius 2 is 1.42 bits per heavy atom. The van der Waals surface area contributed by atoms with Gasteiger partial charge < -0.3 is 14.2 Å². The number of hydrogen-bond donors (Lipinski definition) is 0. The molecule has 3 aromatic rings. The Labute approximate surface area is 184 Å². The standard InChI is InChI=1S/C26H28NO3P/c28-26(27-18-10-3-11-19-27)21-31(29,23-14-6-2-7-15-23)25-17-9-8-16-24(25)30-20-22-12-4-1-5-13-22/h1-2,4-9,12-17H,3,10-11,18-21H2/t31-/m0/s1. The van der Waals surface area contributed by atoms with E-state index in [9.17, 15) is 9.36 Å². The summed E-state index contributed by atoms with van der Waals surface area (Å²) in [7, 11) is -3.22. The van der Waals surface area contributed by atoms with E-state index in [-0.39, 0.29) is 12.1 Å². The average molecular weight is 433 g/mol. The molecular formula is C26H28NO3P. The van der Waals surface area contributed by atoms with Crippen LogP contribution in [-0.4, -0.2) is 30.1 Å². The lowest BCUT2D eigenvalue weighted by molar-refractivity contribution is -0.129. The fourth-order valence-electron chi connectivity index (χ4n) is 4.03. The van der Waals surface area contributed by atoms with Crippen LogP contribution in [0.1, 0.15) is 24.8 Å². The molecule has 0 spiro atoms. The summed E-state index contributed by atoms with van der Waals surface area (Å²) in [6.07, 6.45) is 3.16. The first-order valence-electron chi connectivity index (χ1n) is 10.9. The van der Waals surface area contributed by atoms with Crippen molar-refractivity contribution in [2.24, 2.45) is 0 Å². The van der Waals surface area contributed by atoms with Crippen molar-refractivity contribution < 1.29 is 14.1 Å². The third-order valence-corrected chi connectivity index (χ3v) is 8.73. The van der Waals surface area contributed by atoms with Crippen LogP contribution in [0.5, 0.6) is 5.75 Å². The summed E-state index contributed by atoms with van der Waals surface area (Å²) in [4.78, 5) is 15.0. The highest BCUT2D eigenvalue weighted by atomic mass is 31.2. The maximum absolute atomic E-state index is 14.6. The van der Waals surface area contributed by atoms with E-state index >= 15 is 0 Å². The fourth-order valence-corrected chi connectivity index (χ4v) is 6.72. The highest BCUT2D eigenvalue weighted by molar-refractivity contribution is 7.79. The van der Waals surface area contributed by atoms with Gasteiger partial charge in [0.05, 0.1) is 11.5 Å². The summed E-state index contributed by atoms with van der Waals surface area (Å²) in [6, 6.07) is 26.7. The summed E-state index contributed by atoms with van der Waals surface area (Å²) in [5.41, 5.74) is 1.04. The molecule has 0 aliphatic carbocycles. The minimum absolute atomic E-state index is 0.0112. The van der Waals surface area contributed by atoms with Crippen molar-refractivity contribution in [1.82, 2.24) is 4.90 Å². The van der Waals surface area contributed by atoms with Gasteiger partial charge in [0, 0.05) is 18.4 Å². The molecular weight excluding hydrogens is 405 g/mol. The molecule has 3 aromatic carbocycles. The molecule has 1 fully saturated rings. The van der Waals surface area contributed by atoms with Crippen LogP contribution in [0, 0.1) is 0 Å². The molecule has 1 amide bonds. The molecule has 5 heteroatoms. The lowest BCUT2D eigenvalue weighted by Crippen LogP contribution is -2.39. The Morgan fingerprint density at radius 3 is 2.13 bits per heavy atom. The normalized spacial score (nSPS) is 15.8. The van der Waals surface area contributed by atoms with E-state index in [4.69, 9.17) is 4.74 Å². The Bertz CT molecular complexity index is 1050. The van der Waals surface area contributed by atoms with E-state index in [1.165, 1.54) is 0 Å². The smallest absolute Gasteiger partial charge is 0.230 e. The predicted octanol–water partition coefficient (Wildman–Crippen LogP) is 4.59. The van der Waals surface area contributed by atoms with Crippen molar-refractivity contribution in [3.05, 3.63) is 90.5 Å². The van der Waals surface area contributed by atoms with Gasteiger partial charge in [-0.25, -0.2) is 0 Å². The van der Waals surface area contributed by atoms with Crippen molar-refractivity contribution in [2.75, 3.05) is 19.3 Å². The van der Waals surface area contributed by atoms with Crippen LogP contribution in [0.15, 0.2) is 84.9 Å². The maximum atomic E-state index is 14.6. The molecule has 1 aliphatic rings. The number of rotatable bonds is 7. The van der Waals surface area contributed by atoms with Gasteiger partial charge >= 0.3 is 0 Å². The molecule has 0 saturated carbocycles. The molecule has 1 saturated heterocycles. The van der Waals surface area contributed by atoms with Crippen LogP contribution < -0.4 is 15.3 Å². The molecule has 0 aromatic heterocycles. The Hall–Kier alpha value is -2.84. The fraction of sp³-hybridized carbons (Fsp3) is 0.269. The molecule has 1 heterocycles. The van der Waals surface area contributed by atoms with Gasteiger partial charge in [-0.1, -0.05) is 72.8 Å². The third-order valence-electron chi connectivity index (χ3n) is 5.73. The number of para-hydroxylation sites is 1. The van der Waals surface area contributed by atoms with E-state index in [1.54, 1.807) is 0 Å². The van der Waals surface area contributed by atoms with Gasteiger partial charge in [0.1, 0.15) is 12.4 Å². The van der Waals surface area contributed by atoms with E-state index in [0.717, 1.165) is 37.9 Å². The topological polar surface area (TPSA) is 46.6 Å². The lowest BCUT2D eigenvalue weighted by Gasteiger charge is -2.29. The second-order valence-electron chi connectivity index (χ2n) is 7.92. The molecule has 0 bridgehead atoms. The number of carbonyl (C=O) groups is 1. The molecule has 1 atom stereocenters. The first-order chi connectivity index (χ1) is 15.2. The zero-order valence-electron chi connectivity index (χ0n) is 17.7. The van der Waals surface area contributed by atoms with Crippen molar-refractivity contribution in [2.45, 2.75) is 25.9 Å². The van der Waals surface area contributed by atoms with Crippen LogP contribution >= 0.6 is 7.14 Å². The van der Waals surface area contributed by atoms with E-state index in [0.29, 0.717) is 23.0 Å². The second-order valence-corrected chi connectivity index (χ2v) is 10.7. The van der Waals surface area contributed by atoms with Crippen LogP contribution in [0.4, 0.5) is 0 Å². The van der Waals surface area contributed by atoms with Gasteiger partial charge in [0.2, 0.25) is 5.91 Å². The van der Waals surface area contributed by atoms with Crippen LogP contribution in [0.3, 0.4) is 0 Å². The van der Waals surface area contributed by atoms with Crippen molar-refractivity contribution >= 4 is 23.7 Å². The Balaban J connectivity index is 1.67. The molecule has 1 aliphatic heterocycles. The minimum Gasteiger partial charge on any atom is -0.488 e.